The Bertz CT molecular complexity index is 981. The molecule has 1 N–H and O–H groups in total. The van der Waals surface area contributed by atoms with E-state index in [1.807, 2.05) is 35.2 Å². The molecule has 3 aromatic rings. The SMILES string of the molecule is O=c1c(-c2ccc(Br)cc2)coc2c3c(ccc12)OCN(CCO)C3. The summed E-state index contributed by atoms with van der Waals surface area (Å²) in [6.45, 7) is 1.56. The molecular weight excluding hydrogens is 386 g/mol. The van der Waals surface area contributed by atoms with Crippen molar-refractivity contribution in [2.45, 2.75) is 6.54 Å². The standard InChI is InChI=1S/C19H16BrNO4/c20-13-3-1-12(2-4-13)16-10-24-19-14(18(16)23)5-6-17-15(19)9-21(7-8-22)11-25-17/h1-6,10,22H,7-9,11H2. The summed E-state index contributed by atoms with van der Waals surface area (Å²) in [5.41, 5.74) is 2.67. The Hall–Kier alpha value is -2.15. The Balaban J connectivity index is 1.84. The molecule has 0 atom stereocenters. The third-order valence-electron chi connectivity index (χ3n) is 4.36. The predicted molar refractivity (Wildman–Crippen MR) is 98.6 cm³/mol. The lowest BCUT2D eigenvalue weighted by molar-refractivity contribution is 0.0774. The van der Waals surface area contributed by atoms with E-state index in [1.54, 1.807) is 6.07 Å². The van der Waals surface area contributed by atoms with Crippen LogP contribution in [-0.2, 0) is 6.54 Å². The summed E-state index contributed by atoms with van der Waals surface area (Å²) in [7, 11) is 0. The first-order valence-electron chi connectivity index (χ1n) is 7.96. The summed E-state index contributed by atoms with van der Waals surface area (Å²) in [5, 5.41) is 9.67. The van der Waals surface area contributed by atoms with Gasteiger partial charge >= 0.3 is 0 Å². The smallest absolute Gasteiger partial charge is 0.200 e. The van der Waals surface area contributed by atoms with Crippen LogP contribution >= 0.6 is 15.9 Å². The Kier molecular flexibility index (Phi) is 4.33. The maximum Gasteiger partial charge on any atom is 0.200 e. The van der Waals surface area contributed by atoms with Crippen molar-refractivity contribution in [2.24, 2.45) is 0 Å². The van der Waals surface area contributed by atoms with Gasteiger partial charge in [-0.15, -0.1) is 0 Å². The zero-order valence-corrected chi connectivity index (χ0v) is 15.0. The molecule has 0 radical (unpaired) electrons. The number of fused-ring (bicyclic) bond motifs is 3. The number of ether oxygens (including phenoxy) is 1. The summed E-state index contributed by atoms with van der Waals surface area (Å²) >= 11 is 3.40. The summed E-state index contributed by atoms with van der Waals surface area (Å²) in [5.74, 6) is 0.723. The minimum Gasteiger partial charge on any atom is -0.478 e. The van der Waals surface area contributed by atoms with Crippen molar-refractivity contribution in [3.63, 3.8) is 0 Å². The third kappa shape index (κ3) is 2.97. The molecule has 1 aliphatic rings. The number of benzene rings is 2. The minimum atomic E-state index is -0.0642. The van der Waals surface area contributed by atoms with Crippen LogP contribution < -0.4 is 10.2 Å². The number of aliphatic hydroxyl groups is 1. The lowest BCUT2D eigenvalue weighted by Crippen LogP contribution is -2.34. The van der Waals surface area contributed by atoms with Crippen LogP contribution in [0.4, 0.5) is 0 Å². The molecule has 1 aliphatic heterocycles. The summed E-state index contributed by atoms with van der Waals surface area (Å²) in [6, 6.07) is 11.1. The molecular formula is C19H16BrNO4. The van der Waals surface area contributed by atoms with Crippen molar-refractivity contribution in [1.29, 1.82) is 0 Å². The largest absolute Gasteiger partial charge is 0.478 e. The number of rotatable bonds is 3. The number of β-amino-alcohol motifs (C(OH)–C–C–N with tert-alkyl or cyclic N) is 1. The third-order valence-corrected chi connectivity index (χ3v) is 4.89. The molecule has 0 saturated heterocycles. The minimum absolute atomic E-state index is 0.0567. The maximum atomic E-state index is 12.9. The van der Waals surface area contributed by atoms with Gasteiger partial charge in [-0.1, -0.05) is 28.1 Å². The van der Waals surface area contributed by atoms with Crippen molar-refractivity contribution in [3.8, 4) is 16.9 Å². The number of nitrogens with zero attached hydrogens (tertiary/aromatic N) is 1. The normalized spacial score (nSPS) is 14.3. The highest BCUT2D eigenvalue weighted by molar-refractivity contribution is 9.10. The molecule has 0 aliphatic carbocycles. The van der Waals surface area contributed by atoms with E-state index >= 15 is 0 Å². The molecule has 4 rings (SSSR count). The molecule has 1 aromatic heterocycles. The highest BCUT2D eigenvalue weighted by Crippen LogP contribution is 2.32. The molecule has 0 saturated carbocycles. The molecule has 128 valence electrons. The molecule has 5 nitrogen and oxygen atoms in total. The van der Waals surface area contributed by atoms with Crippen molar-refractivity contribution >= 4 is 26.9 Å². The zero-order valence-electron chi connectivity index (χ0n) is 13.4. The fraction of sp³-hybridized carbons (Fsp3) is 0.211. The lowest BCUT2D eigenvalue weighted by Gasteiger charge is -2.28. The average Bonchev–Trinajstić information content (AvgIpc) is 2.63. The molecule has 0 bridgehead atoms. The molecule has 0 spiro atoms. The fourth-order valence-corrected chi connectivity index (χ4v) is 3.33. The van der Waals surface area contributed by atoms with E-state index in [0.29, 0.717) is 36.4 Å². The quantitative estimate of drug-likeness (QED) is 0.728. The van der Waals surface area contributed by atoms with Gasteiger partial charge in [0.05, 0.1) is 23.1 Å². The second-order valence-corrected chi connectivity index (χ2v) is 6.87. The van der Waals surface area contributed by atoms with Gasteiger partial charge in [-0.2, -0.15) is 0 Å². The van der Waals surface area contributed by atoms with Crippen LogP contribution in [0.3, 0.4) is 0 Å². The van der Waals surface area contributed by atoms with E-state index in [0.717, 1.165) is 21.3 Å². The first-order chi connectivity index (χ1) is 12.2. The van der Waals surface area contributed by atoms with Gasteiger partial charge in [-0.25, -0.2) is 0 Å². The van der Waals surface area contributed by atoms with E-state index in [-0.39, 0.29) is 12.0 Å². The first-order valence-corrected chi connectivity index (χ1v) is 8.76. The molecule has 0 unspecified atom stereocenters. The van der Waals surface area contributed by atoms with Crippen molar-refractivity contribution < 1.29 is 14.3 Å². The number of hydrogen-bond donors (Lipinski definition) is 1. The molecule has 25 heavy (non-hydrogen) atoms. The summed E-state index contributed by atoms with van der Waals surface area (Å²) in [6.07, 6.45) is 1.51. The second kappa shape index (κ2) is 6.63. The van der Waals surface area contributed by atoms with Crippen LogP contribution in [0, 0.1) is 0 Å². The summed E-state index contributed by atoms with van der Waals surface area (Å²) in [4.78, 5) is 14.9. The van der Waals surface area contributed by atoms with Gasteiger partial charge in [-0.05, 0) is 29.8 Å². The average molecular weight is 402 g/mol. The van der Waals surface area contributed by atoms with Gasteiger partial charge in [0.1, 0.15) is 24.3 Å². The van der Waals surface area contributed by atoms with Crippen LogP contribution in [0.2, 0.25) is 0 Å². The highest BCUT2D eigenvalue weighted by atomic mass is 79.9. The molecule has 2 heterocycles. The van der Waals surface area contributed by atoms with Gasteiger partial charge in [0.25, 0.3) is 0 Å². The lowest BCUT2D eigenvalue weighted by atomic mass is 10.0. The van der Waals surface area contributed by atoms with E-state index < -0.39 is 0 Å². The molecule has 0 amide bonds. The van der Waals surface area contributed by atoms with Crippen LogP contribution in [-0.4, -0.2) is 29.9 Å². The Morgan fingerprint density at radius 1 is 1.16 bits per heavy atom. The van der Waals surface area contributed by atoms with Gasteiger partial charge in [0, 0.05) is 17.6 Å². The predicted octanol–water partition coefficient (Wildman–Crippen LogP) is 3.37. The topological polar surface area (TPSA) is 62.9 Å². The number of halogens is 1. The Labute approximate surface area is 152 Å². The van der Waals surface area contributed by atoms with E-state index in [2.05, 4.69) is 15.9 Å². The van der Waals surface area contributed by atoms with Gasteiger partial charge < -0.3 is 14.3 Å². The van der Waals surface area contributed by atoms with E-state index in [9.17, 15) is 4.79 Å². The first kappa shape index (κ1) is 16.3. The maximum absolute atomic E-state index is 12.9. The summed E-state index contributed by atoms with van der Waals surface area (Å²) < 4.78 is 12.5. The number of aliphatic hydroxyl groups excluding tert-OH is 1. The van der Waals surface area contributed by atoms with Gasteiger partial charge in [0.15, 0.2) is 0 Å². The van der Waals surface area contributed by atoms with E-state index in [4.69, 9.17) is 14.3 Å². The van der Waals surface area contributed by atoms with Crippen LogP contribution in [0.1, 0.15) is 5.56 Å². The van der Waals surface area contributed by atoms with Crippen LogP contribution in [0.15, 0.2) is 56.3 Å². The molecule has 2 aromatic carbocycles. The molecule has 6 heteroatoms. The van der Waals surface area contributed by atoms with E-state index in [1.165, 1.54) is 6.26 Å². The van der Waals surface area contributed by atoms with Crippen LogP contribution in [0.25, 0.3) is 22.1 Å². The monoisotopic (exact) mass is 401 g/mol. The Morgan fingerprint density at radius 3 is 2.72 bits per heavy atom. The highest BCUT2D eigenvalue weighted by Gasteiger charge is 2.22. The van der Waals surface area contributed by atoms with Gasteiger partial charge in [0.2, 0.25) is 5.43 Å². The van der Waals surface area contributed by atoms with Crippen molar-refractivity contribution in [2.75, 3.05) is 19.9 Å². The molecule has 0 fully saturated rings. The second-order valence-electron chi connectivity index (χ2n) is 5.95. The Morgan fingerprint density at radius 2 is 1.96 bits per heavy atom. The van der Waals surface area contributed by atoms with Gasteiger partial charge in [-0.3, -0.25) is 9.69 Å². The number of hydrogen-bond acceptors (Lipinski definition) is 5. The van der Waals surface area contributed by atoms with Crippen molar-refractivity contribution in [1.82, 2.24) is 4.90 Å². The fourth-order valence-electron chi connectivity index (χ4n) is 3.07. The van der Waals surface area contributed by atoms with Crippen molar-refractivity contribution in [3.05, 3.63) is 62.9 Å². The van der Waals surface area contributed by atoms with Crippen LogP contribution in [0.5, 0.6) is 5.75 Å². The zero-order chi connectivity index (χ0) is 17.4.